The van der Waals surface area contributed by atoms with Crippen LogP contribution in [0, 0.1) is 13.8 Å². The van der Waals surface area contributed by atoms with E-state index in [1.54, 1.807) is 19.1 Å². The maximum Gasteiger partial charge on any atom is 0.262 e. The molecule has 0 unspecified atom stereocenters. The Bertz CT molecular complexity index is 796. The minimum atomic E-state index is -3.64. The van der Waals surface area contributed by atoms with Crippen molar-refractivity contribution in [1.82, 2.24) is 9.78 Å². The Morgan fingerprint density at radius 2 is 1.83 bits per heavy atom. The van der Waals surface area contributed by atoms with Crippen LogP contribution in [-0.4, -0.2) is 24.1 Å². The Morgan fingerprint density at radius 3 is 2.33 bits per heavy atom. The second kappa shape index (κ2) is 7.57. The molecule has 0 aliphatic carbocycles. The molecule has 0 atom stereocenters. The highest BCUT2D eigenvalue weighted by molar-refractivity contribution is 7.92. The number of aryl methyl sites for hydroxylation is 2. The molecular formula is C17H24ClN3O2S. The number of hydrogen-bond acceptors (Lipinski definition) is 3. The molecule has 0 bridgehead atoms. The van der Waals surface area contributed by atoms with Crippen LogP contribution >= 0.6 is 11.6 Å². The van der Waals surface area contributed by atoms with Crippen LogP contribution in [0.2, 0.25) is 0 Å². The van der Waals surface area contributed by atoms with Crippen LogP contribution in [0.3, 0.4) is 0 Å². The van der Waals surface area contributed by atoms with Crippen LogP contribution in [0.25, 0.3) is 0 Å². The lowest BCUT2D eigenvalue weighted by molar-refractivity contribution is 0.516. The maximum absolute atomic E-state index is 12.6. The average Bonchev–Trinajstić information content (AvgIpc) is 2.81. The summed E-state index contributed by atoms with van der Waals surface area (Å²) >= 11 is 5.69. The van der Waals surface area contributed by atoms with Crippen LogP contribution in [0.4, 0.5) is 5.69 Å². The second-order valence-electron chi connectivity index (χ2n) is 6.13. The molecule has 0 saturated heterocycles. The zero-order valence-electron chi connectivity index (χ0n) is 14.5. The minimum Gasteiger partial charge on any atom is -0.276 e. The van der Waals surface area contributed by atoms with Crippen LogP contribution < -0.4 is 4.72 Å². The van der Waals surface area contributed by atoms with Crippen molar-refractivity contribution in [3.8, 4) is 0 Å². The highest BCUT2D eigenvalue weighted by Crippen LogP contribution is 2.25. The van der Waals surface area contributed by atoms with E-state index in [0.29, 0.717) is 17.3 Å². The quantitative estimate of drug-likeness (QED) is 0.748. The van der Waals surface area contributed by atoms with Gasteiger partial charge in [-0.05, 0) is 58.2 Å². The second-order valence-corrected chi connectivity index (χ2v) is 8.19. The van der Waals surface area contributed by atoms with Crippen molar-refractivity contribution in [2.45, 2.75) is 51.5 Å². The molecule has 132 valence electrons. The maximum atomic E-state index is 12.6. The summed E-state index contributed by atoms with van der Waals surface area (Å²) in [6, 6.07) is 7.09. The Morgan fingerprint density at radius 1 is 1.21 bits per heavy atom. The summed E-state index contributed by atoms with van der Waals surface area (Å²) in [5.41, 5.74) is 3.11. The van der Waals surface area contributed by atoms with E-state index in [9.17, 15) is 8.42 Å². The van der Waals surface area contributed by atoms with Gasteiger partial charge in [-0.2, -0.15) is 5.10 Å². The summed E-state index contributed by atoms with van der Waals surface area (Å²) in [5.74, 6) is 0.597. The number of aromatic nitrogens is 2. The third-order valence-corrected chi connectivity index (χ3v) is 5.52. The SMILES string of the molecule is Cc1nn(C(C)C)c(C)c1NS(=O)(=O)c1ccc(CCCCl)cc1. The highest BCUT2D eigenvalue weighted by Gasteiger charge is 2.20. The van der Waals surface area contributed by atoms with E-state index >= 15 is 0 Å². The molecule has 1 aromatic carbocycles. The molecule has 0 radical (unpaired) electrons. The van der Waals surface area contributed by atoms with Crippen LogP contribution in [-0.2, 0) is 16.4 Å². The van der Waals surface area contributed by atoms with Crippen LogP contribution in [0.5, 0.6) is 0 Å². The van der Waals surface area contributed by atoms with Gasteiger partial charge in [0.2, 0.25) is 0 Å². The first-order valence-corrected chi connectivity index (χ1v) is 10.0. The molecule has 5 nitrogen and oxygen atoms in total. The molecule has 0 spiro atoms. The van der Waals surface area contributed by atoms with Crippen molar-refractivity contribution in [2.24, 2.45) is 0 Å². The lowest BCUT2D eigenvalue weighted by Gasteiger charge is -2.11. The van der Waals surface area contributed by atoms with E-state index in [1.807, 2.05) is 37.6 Å². The van der Waals surface area contributed by atoms with E-state index in [1.165, 1.54) is 0 Å². The van der Waals surface area contributed by atoms with Gasteiger partial charge in [-0.3, -0.25) is 9.40 Å². The van der Waals surface area contributed by atoms with E-state index in [-0.39, 0.29) is 10.9 Å². The first kappa shape index (κ1) is 18.8. The predicted octanol–water partition coefficient (Wildman–Crippen LogP) is 4.05. The number of halogens is 1. The van der Waals surface area contributed by atoms with Gasteiger partial charge in [-0.15, -0.1) is 11.6 Å². The Balaban J connectivity index is 2.26. The number of rotatable bonds is 7. The third kappa shape index (κ3) is 4.11. The number of anilines is 1. The number of hydrogen-bond donors (Lipinski definition) is 1. The first-order chi connectivity index (χ1) is 11.3. The normalized spacial score (nSPS) is 11.9. The summed E-state index contributed by atoms with van der Waals surface area (Å²) in [4.78, 5) is 0.244. The molecule has 1 aromatic heterocycles. The van der Waals surface area contributed by atoms with Crippen LogP contribution in [0.15, 0.2) is 29.2 Å². The topological polar surface area (TPSA) is 64.0 Å². The fraction of sp³-hybridized carbons (Fsp3) is 0.471. The molecular weight excluding hydrogens is 346 g/mol. The van der Waals surface area contributed by atoms with E-state index in [0.717, 1.165) is 24.1 Å². The molecule has 0 aliphatic rings. The van der Waals surface area contributed by atoms with Gasteiger partial charge in [0.15, 0.2) is 0 Å². The monoisotopic (exact) mass is 369 g/mol. The van der Waals surface area contributed by atoms with Gasteiger partial charge in [-0.25, -0.2) is 8.42 Å². The molecule has 2 aromatic rings. The van der Waals surface area contributed by atoms with Crippen molar-refractivity contribution in [1.29, 1.82) is 0 Å². The van der Waals surface area contributed by atoms with E-state index < -0.39 is 10.0 Å². The van der Waals surface area contributed by atoms with Crippen LogP contribution in [0.1, 0.15) is 43.3 Å². The number of nitrogens with one attached hydrogen (secondary N) is 1. The lowest BCUT2D eigenvalue weighted by Crippen LogP contribution is -2.14. The average molecular weight is 370 g/mol. The lowest BCUT2D eigenvalue weighted by atomic mass is 10.1. The Hall–Kier alpha value is -1.53. The van der Waals surface area contributed by atoms with Gasteiger partial charge in [0.25, 0.3) is 10.0 Å². The Kier molecular flexibility index (Phi) is 5.93. The zero-order valence-corrected chi connectivity index (χ0v) is 16.1. The van der Waals surface area contributed by atoms with Gasteiger partial charge in [0.1, 0.15) is 0 Å². The first-order valence-electron chi connectivity index (χ1n) is 7.99. The van der Waals surface area contributed by atoms with Crippen molar-refractivity contribution in [2.75, 3.05) is 10.6 Å². The number of alkyl halides is 1. The Labute approximate surface area is 149 Å². The highest BCUT2D eigenvalue weighted by atomic mass is 35.5. The van der Waals surface area contributed by atoms with Crippen molar-refractivity contribution < 1.29 is 8.42 Å². The number of nitrogens with zero attached hydrogens (tertiary/aromatic N) is 2. The van der Waals surface area contributed by atoms with Gasteiger partial charge in [-0.1, -0.05) is 12.1 Å². The van der Waals surface area contributed by atoms with Crippen molar-refractivity contribution in [3.63, 3.8) is 0 Å². The molecule has 7 heteroatoms. The molecule has 2 rings (SSSR count). The minimum absolute atomic E-state index is 0.170. The summed E-state index contributed by atoms with van der Waals surface area (Å²) in [7, 11) is -3.64. The molecule has 24 heavy (non-hydrogen) atoms. The fourth-order valence-electron chi connectivity index (χ4n) is 2.61. The molecule has 0 aliphatic heterocycles. The van der Waals surface area contributed by atoms with Crippen molar-refractivity contribution >= 4 is 27.3 Å². The zero-order chi connectivity index (χ0) is 17.9. The van der Waals surface area contributed by atoms with Crippen molar-refractivity contribution in [3.05, 3.63) is 41.2 Å². The number of benzene rings is 1. The summed E-state index contributed by atoms with van der Waals surface area (Å²) in [6.45, 7) is 7.70. The summed E-state index contributed by atoms with van der Waals surface area (Å²) < 4.78 is 29.8. The summed E-state index contributed by atoms with van der Waals surface area (Å²) in [5, 5.41) is 4.41. The van der Waals surface area contributed by atoms with Gasteiger partial charge < -0.3 is 0 Å². The molecule has 1 heterocycles. The standard InChI is InChI=1S/C17H24ClN3O2S/c1-12(2)21-14(4)17(13(3)19-21)20-24(22,23)16-9-7-15(8-10-16)6-5-11-18/h7-10,12,20H,5-6,11H2,1-4H3. The predicted molar refractivity (Wildman–Crippen MR) is 98.4 cm³/mol. The van der Waals surface area contributed by atoms with Gasteiger partial charge in [0, 0.05) is 11.9 Å². The smallest absolute Gasteiger partial charge is 0.262 e. The van der Waals surface area contributed by atoms with Gasteiger partial charge in [0.05, 0.1) is 22.0 Å². The largest absolute Gasteiger partial charge is 0.276 e. The molecule has 0 fully saturated rings. The fourth-order valence-corrected chi connectivity index (χ4v) is 3.92. The molecule has 0 amide bonds. The van der Waals surface area contributed by atoms with E-state index in [4.69, 9.17) is 11.6 Å². The third-order valence-electron chi connectivity index (χ3n) is 3.88. The summed E-state index contributed by atoms with van der Waals surface area (Å²) in [6.07, 6.45) is 1.72. The van der Waals surface area contributed by atoms with Gasteiger partial charge >= 0.3 is 0 Å². The van der Waals surface area contributed by atoms with E-state index in [2.05, 4.69) is 9.82 Å². The molecule has 0 saturated carbocycles. The molecule has 1 N–H and O–H groups in total. The number of sulfonamides is 1.